The summed E-state index contributed by atoms with van der Waals surface area (Å²) in [6.07, 6.45) is 0. The number of rotatable bonds is 2. The van der Waals surface area contributed by atoms with Crippen molar-refractivity contribution >= 4 is 11.9 Å². The Hall–Kier alpha value is -2.36. The maximum Gasteiger partial charge on any atom is 0.339 e. The van der Waals surface area contributed by atoms with Crippen molar-refractivity contribution in [3.8, 4) is 11.5 Å². The quantitative estimate of drug-likeness (QED) is 0.592. The van der Waals surface area contributed by atoms with E-state index in [0.29, 0.717) is 0 Å². The van der Waals surface area contributed by atoms with Crippen LogP contribution in [0.5, 0.6) is 11.5 Å². The number of carbonyl (C=O) groups is 2. The first kappa shape index (κ1) is 18.6. The molecular formula is C14H12O6Pd. The summed E-state index contributed by atoms with van der Waals surface area (Å²) in [5.74, 6) is -2.62. The monoisotopic (exact) mass is 382 g/mol. The number of hydrogen-bond donors (Lipinski definition) is 4. The molecule has 0 bridgehead atoms. The van der Waals surface area contributed by atoms with Crippen LogP contribution in [0.3, 0.4) is 0 Å². The van der Waals surface area contributed by atoms with Crippen molar-refractivity contribution in [2.75, 3.05) is 0 Å². The molecule has 0 amide bonds. The van der Waals surface area contributed by atoms with Crippen LogP contribution in [0.2, 0.25) is 0 Å². The average molecular weight is 383 g/mol. The molecule has 0 aromatic heterocycles. The molecule has 2 aromatic rings. The molecule has 0 atom stereocenters. The van der Waals surface area contributed by atoms with Crippen molar-refractivity contribution in [1.82, 2.24) is 0 Å². The standard InChI is InChI=1S/2C7H6O3.Pd/c2*8-6-4-2-1-3-5(6)7(9)10;/h2*1-4,8H,(H,9,10);. The zero-order valence-corrected chi connectivity index (χ0v) is 12.1. The normalized spacial score (nSPS) is 8.76. The van der Waals surface area contributed by atoms with E-state index in [9.17, 15) is 9.59 Å². The predicted molar refractivity (Wildman–Crippen MR) is 70.1 cm³/mol. The molecule has 2 rings (SSSR count). The predicted octanol–water partition coefficient (Wildman–Crippen LogP) is 2.18. The average Bonchev–Trinajstić information content (AvgIpc) is 2.40. The Morgan fingerprint density at radius 3 is 1.14 bits per heavy atom. The number of carboxylic acids is 2. The molecule has 4 N–H and O–H groups in total. The molecule has 0 heterocycles. The Morgan fingerprint density at radius 1 is 0.667 bits per heavy atom. The van der Waals surface area contributed by atoms with Gasteiger partial charge < -0.3 is 20.4 Å². The molecule has 0 fully saturated rings. The fraction of sp³-hybridized carbons (Fsp3) is 0. The molecule has 0 radical (unpaired) electrons. The summed E-state index contributed by atoms with van der Waals surface area (Å²) in [5.41, 5.74) is -0.134. The Kier molecular flexibility index (Phi) is 7.76. The van der Waals surface area contributed by atoms with Gasteiger partial charge in [-0.1, -0.05) is 24.3 Å². The van der Waals surface area contributed by atoms with Crippen molar-refractivity contribution in [2.45, 2.75) is 0 Å². The summed E-state index contributed by atoms with van der Waals surface area (Å²) < 4.78 is 0. The summed E-state index contributed by atoms with van der Waals surface area (Å²) in [5, 5.41) is 34.6. The number of carboxylic acid groups (broad SMARTS) is 2. The van der Waals surface area contributed by atoms with Gasteiger partial charge in [-0.25, -0.2) is 9.59 Å². The minimum Gasteiger partial charge on any atom is -0.507 e. The van der Waals surface area contributed by atoms with Crippen molar-refractivity contribution < 1.29 is 50.4 Å². The molecule has 6 nitrogen and oxygen atoms in total. The second kappa shape index (κ2) is 8.74. The van der Waals surface area contributed by atoms with E-state index >= 15 is 0 Å². The van der Waals surface area contributed by atoms with Gasteiger partial charge in [0.1, 0.15) is 22.6 Å². The molecule has 0 aliphatic rings. The van der Waals surface area contributed by atoms with Crippen LogP contribution in [-0.4, -0.2) is 32.4 Å². The third kappa shape index (κ3) is 5.65. The first-order chi connectivity index (χ1) is 9.43. The number of hydrogen-bond acceptors (Lipinski definition) is 4. The first-order valence-electron chi connectivity index (χ1n) is 5.46. The Labute approximate surface area is 134 Å². The molecule has 114 valence electrons. The van der Waals surface area contributed by atoms with Gasteiger partial charge in [0.25, 0.3) is 0 Å². The van der Waals surface area contributed by atoms with Gasteiger partial charge in [0, 0.05) is 20.4 Å². The van der Waals surface area contributed by atoms with E-state index in [1.165, 1.54) is 24.3 Å². The van der Waals surface area contributed by atoms with E-state index in [1.54, 1.807) is 24.3 Å². The van der Waals surface area contributed by atoms with E-state index in [-0.39, 0.29) is 43.0 Å². The maximum absolute atomic E-state index is 10.3. The van der Waals surface area contributed by atoms with Crippen molar-refractivity contribution in [2.24, 2.45) is 0 Å². The summed E-state index contributed by atoms with van der Waals surface area (Å²) in [7, 11) is 0. The number of phenols is 2. The van der Waals surface area contributed by atoms with Gasteiger partial charge in [0.05, 0.1) is 0 Å². The Morgan fingerprint density at radius 2 is 0.952 bits per heavy atom. The smallest absolute Gasteiger partial charge is 0.339 e. The SMILES string of the molecule is O=C(O)c1ccccc1O.O=C(O)c1ccccc1O.[Pd]. The molecule has 2 aromatic carbocycles. The van der Waals surface area contributed by atoms with Crippen molar-refractivity contribution in [1.29, 1.82) is 0 Å². The van der Waals surface area contributed by atoms with Gasteiger partial charge in [-0.2, -0.15) is 0 Å². The van der Waals surface area contributed by atoms with Crippen LogP contribution < -0.4 is 0 Å². The van der Waals surface area contributed by atoms with E-state index in [4.69, 9.17) is 20.4 Å². The second-order valence-electron chi connectivity index (χ2n) is 3.64. The van der Waals surface area contributed by atoms with E-state index in [0.717, 1.165) is 0 Å². The molecule has 0 unspecified atom stereocenters. The maximum atomic E-state index is 10.3. The summed E-state index contributed by atoms with van der Waals surface area (Å²) >= 11 is 0. The van der Waals surface area contributed by atoms with Crippen LogP contribution in [0.4, 0.5) is 0 Å². The topological polar surface area (TPSA) is 115 Å². The minimum absolute atomic E-state index is 0. The van der Waals surface area contributed by atoms with Gasteiger partial charge in [-0.05, 0) is 24.3 Å². The summed E-state index contributed by atoms with van der Waals surface area (Å²) in [6, 6.07) is 11.6. The fourth-order valence-corrected chi connectivity index (χ4v) is 1.31. The van der Waals surface area contributed by atoms with Crippen molar-refractivity contribution in [3.63, 3.8) is 0 Å². The molecule has 0 saturated heterocycles. The van der Waals surface area contributed by atoms with Crippen molar-refractivity contribution in [3.05, 3.63) is 59.7 Å². The largest absolute Gasteiger partial charge is 0.507 e. The molecule has 0 saturated carbocycles. The van der Waals surface area contributed by atoms with Crippen LogP contribution in [0, 0.1) is 0 Å². The molecule has 21 heavy (non-hydrogen) atoms. The zero-order valence-electron chi connectivity index (χ0n) is 10.5. The number of benzene rings is 2. The van der Waals surface area contributed by atoms with Gasteiger partial charge in [0.15, 0.2) is 0 Å². The fourth-order valence-electron chi connectivity index (χ4n) is 1.31. The third-order valence-corrected chi connectivity index (χ3v) is 2.27. The number of aromatic carboxylic acids is 2. The molecular weight excluding hydrogens is 371 g/mol. The summed E-state index contributed by atoms with van der Waals surface area (Å²) in [4.78, 5) is 20.5. The minimum atomic E-state index is -1.11. The Balaban J connectivity index is 0.000000364. The van der Waals surface area contributed by atoms with Gasteiger partial charge in [0.2, 0.25) is 0 Å². The van der Waals surface area contributed by atoms with Gasteiger partial charge in [-0.15, -0.1) is 0 Å². The van der Waals surface area contributed by atoms with Crippen LogP contribution in [0.15, 0.2) is 48.5 Å². The number of para-hydroxylation sites is 2. The van der Waals surface area contributed by atoms with Crippen LogP contribution >= 0.6 is 0 Å². The Bertz CT molecular complexity index is 571. The van der Waals surface area contributed by atoms with Crippen LogP contribution in [0.25, 0.3) is 0 Å². The van der Waals surface area contributed by atoms with E-state index in [2.05, 4.69) is 0 Å². The molecule has 0 aliphatic carbocycles. The second-order valence-corrected chi connectivity index (χ2v) is 3.64. The molecule has 0 aliphatic heterocycles. The zero-order chi connectivity index (χ0) is 15.1. The molecule has 7 heteroatoms. The van der Waals surface area contributed by atoms with Crippen LogP contribution in [0.1, 0.15) is 20.7 Å². The third-order valence-electron chi connectivity index (χ3n) is 2.27. The van der Waals surface area contributed by atoms with Gasteiger partial charge in [-0.3, -0.25) is 0 Å². The first-order valence-corrected chi connectivity index (χ1v) is 5.46. The van der Waals surface area contributed by atoms with Crippen LogP contribution in [-0.2, 0) is 20.4 Å². The number of aromatic hydroxyl groups is 2. The van der Waals surface area contributed by atoms with E-state index in [1.807, 2.05) is 0 Å². The molecule has 0 spiro atoms. The van der Waals surface area contributed by atoms with Gasteiger partial charge >= 0.3 is 11.9 Å². The summed E-state index contributed by atoms with van der Waals surface area (Å²) in [6.45, 7) is 0. The van der Waals surface area contributed by atoms with E-state index < -0.39 is 11.9 Å².